The highest BCUT2D eigenvalue weighted by Crippen LogP contribution is 2.12. The summed E-state index contributed by atoms with van der Waals surface area (Å²) in [5, 5.41) is 0. The van der Waals surface area contributed by atoms with E-state index < -0.39 is 21.8 Å². The Labute approximate surface area is 124 Å². The largest absolute Gasteiger partial charge is 0.299 e. The van der Waals surface area contributed by atoms with Crippen molar-refractivity contribution in [3.63, 3.8) is 0 Å². The average molecular weight is 306 g/mol. The van der Waals surface area contributed by atoms with Crippen LogP contribution in [0.3, 0.4) is 0 Å². The van der Waals surface area contributed by atoms with Crippen molar-refractivity contribution in [3.05, 3.63) is 0 Å². The van der Waals surface area contributed by atoms with Gasteiger partial charge in [0.2, 0.25) is 0 Å². The Balaban J connectivity index is 3.48. The molecule has 0 aliphatic heterocycles. The lowest BCUT2D eigenvalue weighted by Crippen LogP contribution is -2.20. The molecule has 120 valence electrons. The van der Waals surface area contributed by atoms with E-state index in [9.17, 15) is 13.2 Å². The number of unbranched alkanes of at least 4 members (excludes halogenated alkanes) is 8. The molecule has 0 saturated heterocycles. The number of ketones is 1. The van der Waals surface area contributed by atoms with Crippen molar-refractivity contribution < 1.29 is 17.8 Å². The average Bonchev–Trinajstić information content (AvgIpc) is 2.34. The fraction of sp³-hybridized carbons (Fsp3) is 0.933. The standard InChI is InChI=1S/C15H30O4S/c1-3-4-5-6-7-8-9-10-11-12-15(16)14(2)13-20(17,18)19/h14H,3-13H2,1-2H3,(H,17,18,19). The van der Waals surface area contributed by atoms with E-state index in [0.29, 0.717) is 6.42 Å². The van der Waals surface area contributed by atoms with Gasteiger partial charge < -0.3 is 0 Å². The predicted molar refractivity (Wildman–Crippen MR) is 82.4 cm³/mol. The highest BCUT2D eigenvalue weighted by atomic mass is 32.2. The van der Waals surface area contributed by atoms with Crippen LogP contribution in [0, 0.1) is 5.92 Å². The first-order valence-electron chi connectivity index (χ1n) is 7.84. The minimum atomic E-state index is -4.04. The zero-order valence-corrected chi connectivity index (χ0v) is 13.8. The first kappa shape index (κ1) is 19.6. The van der Waals surface area contributed by atoms with Crippen molar-refractivity contribution in [2.75, 3.05) is 5.75 Å². The number of carbonyl (C=O) groups excluding carboxylic acids is 1. The zero-order chi connectivity index (χ0) is 15.4. The number of carbonyl (C=O) groups is 1. The second-order valence-electron chi connectivity index (χ2n) is 5.69. The Morgan fingerprint density at radius 2 is 1.40 bits per heavy atom. The molecule has 1 N–H and O–H groups in total. The second kappa shape index (κ2) is 11.3. The fourth-order valence-electron chi connectivity index (χ4n) is 2.27. The molecule has 0 aliphatic carbocycles. The number of hydrogen-bond donors (Lipinski definition) is 1. The Bertz CT molecular complexity index is 349. The minimum absolute atomic E-state index is 0.0643. The van der Waals surface area contributed by atoms with Crippen LogP contribution >= 0.6 is 0 Å². The van der Waals surface area contributed by atoms with Gasteiger partial charge in [-0.05, 0) is 6.42 Å². The lowest BCUT2D eigenvalue weighted by atomic mass is 10.0. The summed E-state index contributed by atoms with van der Waals surface area (Å²) < 4.78 is 30.0. The molecule has 5 heteroatoms. The third-order valence-electron chi connectivity index (χ3n) is 3.54. The predicted octanol–water partition coefficient (Wildman–Crippen LogP) is 4.00. The molecule has 0 amide bonds. The second-order valence-corrected chi connectivity index (χ2v) is 7.19. The van der Waals surface area contributed by atoms with Gasteiger partial charge in [0.05, 0.1) is 5.75 Å². The zero-order valence-electron chi connectivity index (χ0n) is 12.9. The molecule has 0 rings (SSSR count). The van der Waals surface area contributed by atoms with E-state index in [1.165, 1.54) is 38.5 Å². The molecule has 0 bridgehead atoms. The first-order chi connectivity index (χ1) is 9.37. The molecule has 0 aliphatic rings. The molecular formula is C15H30O4S. The molecule has 0 aromatic rings. The summed E-state index contributed by atoms with van der Waals surface area (Å²) in [4.78, 5) is 11.7. The Morgan fingerprint density at radius 1 is 0.950 bits per heavy atom. The molecule has 0 aromatic heterocycles. The maximum absolute atomic E-state index is 11.7. The van der Waals surface area contributed by atoms with Gasteiger partial charge in [0, 0.05) is 12.3 Å². The molecule has 0 spiro atoms. The van der Waals surface area contributed by atoms with Crippen molar-refractivity contribution >= 4 is 15.9 Å². The van der Waals surface area contributed by atoms with Crippen molar-refractivity contribution in [3.8, 4) is 0 Å². The Hall–Kier alpha value is -0.420. The highest BCUT2D eigenvalue weighted by Gasteiger charge is 2.18. The number of hydrogen-bond acceptors (Lipinski definition) is 3. The van der Waals surface area contributed by atoms with Gasteiger partial charge in [-0.25, -0.2) is 0 Å². The van der Waals surface area contributed by atoms with Gasteiger partial charge in [-0.3, -0.25) is 9.35 Å². The lowest BCUT2D eigenvalue weighted by Gasteiger charge is -2.08. The molecule has 4 nitrogen and oxygen atoms in total. The quantitative estimate of drug-likeness (QED) is 0.412. The summed E-state index contributed by atoms with van der Waals surface area (Å²) in [5.41, 5.74) is 0. The maximum Gasteiger partial charge on any atom is 0.265 e. The first-order valence-corrected chi connectivity index (χ1v) is 9.45. The summed E-state index contributed by atoms with van der Waals surface area (Å²) in [7, 11) is -4.04. The molecule has 0 aromatic carbocycles. The lowest BCUT2D eigenvalue weighted by molar-refractivity contribution is -0.121. The van der Waals surface area contributed by atoms with Crippen LogP contribution in [0.4, 0.5) is 0 Å². The van der Waals surface area contributed by atoms with Crippen LogP contribution in [0.1, 0.15) is 78.1 Å². The van der Waals surface area contributed by atoms with Crippen LogP contribution in [-0.2, 0) is 14.9 Å². The van der Waals surface area contributed by atoms with Gasteiger partial charge in [0.1, 0.15) is 5.78 Å². The number of Topliss-reactive ketones (excluding diaryl/α,β-unsaturated/α-hetero) is 1. The third kappa shape index (κ3) is 12.6. The van der Waals surface area contributed by atoms with Crippen molar-refractivity contribution in [1.82, 2.24) is 0 Å². The summed E-state index contributed by atoms with van der Waals surface area (Å²) in [6.45, 7) is 3.77. The van der Waals surface area contributed by atoms with Crippen LogP contribution < -0.4 is 0 Å². The fourth-order valence-corrected chi connectivity index (χ4v) is 3.08. The van der Waals surface area contributed by atoms with Crippen molar-refractivity contribution in [1.29, 1.82) is 0 Å². The van der Waals surface area contributed by atoms with E-state index in [0.717, 1.165) is 19.3 Å². The van der Waals surface area contributed by atoms with Crippen LogP contribution in [0.5, 0.6) is 0 Å². The monoisotopic (exact) mass is 306 g/mol. The van der Waals surface area contributed by atoms with E-state index in [1.807, 2.05) is 0 Å². The topological polar surface area (TPSA) is 71.4 Å². The molecule has 1 unspecified atom stereocenters. The molecular weight excluding hydrogens is 276 g/mol. The van der Waals surface area contributed by atoms with Crippen LogP contribution in [-0.4, -0.2) is 24.5 Å². The van der Waals surface area contributed by atoms with E-state index >= 15 is 0 Å². The summed E-state index contributed by atoms with van der Waals surface area (Å²) in [5.74, 6) is -1.12. The summed E-state index contributed by atoms with van der Waals surface area (Å²) in [6.07, 6.45) is 11.1. The van der Waals surface area contributed by atoms with Gasteiger partial charge >= 0.3 is 0 Å². The van der Waals surface area contributed by atoms with E-state index in [-0.39, 0.29) is 5.78 Å². The van der Waals surface area contributed by atoms with Gasteiger partial charge in [-0.1, -0.05) is 65.2 Å². The van der Waals surface area contributed by atoms with E-state index in [1.54, 1.807) is 6.92 Å². The summed E-state index contributed by atoms with van der Waals surface area (Å²) >= 11 is 0. The normalized spacial score (nSPS) is 13.3. The van der Waals surface area contributed by atoms with Gasteiger partial charge in [-0.15, -0.1) is 0 Å². The molecule has 0 radical (unpaired) electrons. The van der Waals surface area contributed by atoms with E-state index in [4.69, 9.17) is 4.55 Å². The molecule has 0 saturated carbocycles. The maximum atomic E-state index is 11.7. The van der Waals surface area contributed by atoms with Gasteiger partial charge in [-0.2, -0.15) is 8.42 Å². The number of rotatable bonds is 13. The SMILES string of the molecule is CCCCCCCCCCCC(=O)C(C)CS(=O)(=O)O. The van der Waals surface area contributed by atoms with Crippen LogP contribution in [0.15, 0.2) is 0 Å². The van der Waals surface area contributed by atoms with Crippen LogP contribution in [0.25, 0.3) is 0 Å². The van der Waals surface area contributed by atoms with Gasteiger partial charge in [0.25, 0.3) is 10.1 Å². The minimum Gasteiger partial charge on any atom is -0.299 e. The Kier molecular flexibility index (Phi) is 11.0. The Morgan fingerprint density at radius 3 is 1.85 bits per heavy atom. The smallest absolute Gasteiger partial charge is 0.265 e. The van der Waals surface area contributed by atoms with Gasteiger partial charge in [0.15, 0.2) is 0 Å². The highest BCUT2D eigenvalue weighted by molar-refractivity contribution is 7.85. The van der Waals surface area contributed by atoms with Crippen LogP contribution in [0.2, 0.25) is 0 Å². The van der Waals surface area contributed by atoms with Crippen molar-refractivity contribution in [2.45, 2.75) is 78.1 Å². The summed E-state index contributed by atoms with van der Waals surface area (Å²) in [6, 6.07) is 0. The third-order valence-corrected chi connectivity index (χ3v) is 4.46. The van der Waals surface area contributed by atoms with Crippen molar-refractivity contribution in [2.24, 2.45) is 5.92 Å². The molecule has 0 fully saturated rings. The van der Waals surface area contributed by atoms with E-state index in [2.05, 4.69) is 6.92 Å². The molecule has 0 heterocycles. The molecule has 20 heavy (non-hydrogen) atoms. The molecule has 1 atom stereocenters.